The predicted octanol–water partition coefficient (Wildman–Crippen LogP) is 2.16. The molecule has 8 nitrogen and oxygen atoms in total. The number of hydrogen-bond donors (Lipinski definition) is 2. The summed E-state index contributed by atoms with van der Waals surface area (Å²) in [4.78, 5) is 27.9. The number of sulfonamides is 1. The van der Waals surface area contributed by atoms with Crippen LogP contribution in [0.5, 0.6) is 0 Å². The summed E-state index contributed by atoms with van der Waals surface area (Å²) >= 11 is 0. The first-order chi connectivity index (χ1) is 17.4. The van der Waals surface area contributed by atoms with Crippen LogP contribution in [0.1, 0.15) is 36.8 Å². The van der Waals surface area contributed by atoms with Crippen LogP contribution < -0.4 is 10.6 Å². The normalized spacial score (nSPS) is 20.6. The lowest BCUT2D eigenvalue weighted by Gasteiger charge is -2.29. The van der Waals surface area contributed by atoms with E-state index in [1.54, 1.807) is 30.3 Å². The van der Waals surface area contributed by atoms with Crippen LogP contribution in [0.3, 0.4) is 0 Å². The molecule has 0 aromatic heterocycles. The molecule has 0 bridgehead atoms. The molecular formula is C27H36N4O4S. The third-order valence-electron chi connectivity index (χ3n) is 7.05. The molecule has 2 N–H and O–H groups in total. The van der Waals surface area contributed by atoms with Gasteiger partial charge in [0.25, 0.3) is 0 Å². The van der Waals surface area contributed by atoms with Crippen molar-refractivity contribution < 1.29 is 18.0 Å². The third kappa shape index (κ3) is 6.93. The largest absolute Gasteiger partial charge is 0.356 e. The van der Waals surface area contributed by atoms with Gasteiger partial charge in [0, 0.05) is 58.2 Å². The maximum absolute atomic E-state index is 13.1. The zero-order chi connectivity index (χ0) is 25.4. The van der Waals surface area contributed by atoms with Crippen LogP contribution in [-0.2, 0) is 32.6 Å². The summed E-state index contributed by atoms with van der Waals surface area (Å²) < 4.78 is 27.6. The van der Waals surface area contributed by atoms with Gasteiger partial charge >= 0.3 is 0 Å². The molecule has 2 amide bonds. The Hall–Kier alpha value is -2.75. The van der Waals surface area contributed by atoms with Crippen molar-refractivity contribution in [1.29, 1.82) is 0 Å². The standard InChI is InChI=1S/C27H36N4O4S/c32-26-14-19-31(36(34,35)25-10-2-1-3-11-25)17-6-9-23(12-15-28-26)27(33)29-16-20-30-18-13-22-7-4-5-8-24(22)21-30/h1-5,7-8,10-11,23H,6,9,12-21H2,(H,28,32)(H,29,33). The minimum atomic E-state index is -3.70. The molecule has 2 aromatic carbocycles. The summed E-state index contributed by atoms with van der Waals surface area (Å²) in [5, 5.41) is 5.92. The van der Waals surface area contributed by atoms with Gasteiger partial charge in [0.15, 0.2) is 0 Å². The number of fused-ring (bicyclic) bond motifs is 1. The van der Waals surface area contributed by atoms with Crippen LogP contribution in [0.15, 0.2) is 59.5 Å². The molecule has 2 heterocycles. The van der Waals surface area contributed by atoms with Crippen LogP contribution >= 0.6 is 0 Å². The summed E-state index contributed by atoms with van der Waals surface area (Å²) in [6.07, 6.45) is 2.79. The van der Waals surface area contributed by atoms with Gasteiger partial charge in [-0.1, -0.05) is 42.5 Å². The predicted molar refractivity (Wildman–Crippen MR) is 139 cm³/mol. The van der Waals surface area contributed by atoms with E-state index in [9.17, 15) is 18.0 Å². The summed E-state index contributed by atoms with van der Waals surface area (Å²) in [7, 11) is -3.70. The number of carbonyl (C=O) groups excluding carboxylic acids is 2. The molecule has 1 saturated heterocycles. The average molecular weight is 513 g/mol. The fourth-order valence-electron chi connectivity index (χ4n) is 4.94. The number of amides is 2. The second-order valence-electron chi connectivity index (χ2n) is 9.53. The van der Waals surface area contributed by atoms with E-state index in [1.165, 1.54) is 15.4 Å². The van der Waals surface area contributed by atoms with Crippen LogP contribution in [0.25, 0.3) is 0 Å². The van der Waals surface area contributed by atoms with E-state index in [0.717, 1.165) is 26.1 Å². The monoisotopic (exact) mass is 512 g/mol. The Morgan fingerprint density at radius 1 is 0.944 bits per heavy atom. The first kappa shape index (κ1) is 26.3. The fraction of sp³-hybridized carbons (Fsp3) is 0.481. The molecule has 1 fully saturated rings. The number of hydrogen-bond acceptors (Lipinski definition) is 5. The highest BCUT2D eigenvalue weighted by atomic mass is 32.2. The van der Waals surface area contributed by atoms with Crippen LogP contribution in [0.4, 0.5) is 0 Å². The van der Waals surface area contributed by atoms with E-state index in [2.05, 4.69) is 39.8 Å². The number of carbonyl (C=O) groups is 2. The van der Waals surface area contributed by atoms with Gasteiger partial charge in [0.2, 0.25) is 21.8 Å². The van der Waals surface area contributed by atoms with Crippen molar-refractivity contribution in [2.24, 2.45) is 5.92 Å². The van der Waals surface area contributed by atoms with E-state index in [-0.39, 0.29) is 42.1 Å². The number of nitrogens with one attached hydrogen (secondary N) is 2. The van der Waals surface area contributed by atoms with Crippen molar-refractivity contribution in [2.45, 2.75) is 43.5 Å². The molecule has 1 atom stereocenters. The average Bonchev–Trinajstić information content (AvgIpc) is 2.93. The lowest BCUT2D eigenvalue weighted by Crippen LogP contribution is -2.40. The Balaban J connectivity index is 1.31. The van der Waals surface area contributed by atoms with Gasteiger partial charge in [0.05, 0.1) is 4.90 Å². The van der Waals surface area contributed by atoms with E-state index < -0.39 is 10.0 Å². The van der Waals surface area contributed by atoms with E-state index in [0.29, 0.717) is 32.4 Å². The van der Waals surface area contributed by atoms with Gasteiger partial charge in [-0.25, -0.2) is 8.42 Å². The van der Waals surface area contributed by atoms with E-state index in [1.807, 2.05) is 0 Å². The third-order valence-corrected chi connectivity index (χ3v) is 8.96. The van der Waals surface area contributed by atoms with E-state index >= 15 is 0 Å². The molecule has 2 aliphatic heterocycles. The first-order valence-corrected chi connectivity index (χ1v) is 14.3. The lowest BCUT2D eigenvalue weighted by atomic mass is 9.98. The van der Waals surface area contributed by atoms with Gasteiger partial charge in [-0.2, -0.15) is 4.31 Å². The topological polar surface area (TPSA) is 98.8 Å². The number of benzene rings is 2. The molecule has 194 valence electrons. The Bertz CT molecular complexity index is 1140. The molecule has 9 heteroatoms. The zero-order valence-electron chi connectivity index (χ0n) is 20.7. The molecular weight excluding hydrogens is 476 g/mol. The second kappa shape index (κ2) is 12.5. The molecule has 2 aromatic rings. The van der Waals surface area contributed by atoms with Crippen molar-refractivity contribution >= 4 is 21.8 Å². The Labute approximate surface area is 214 Å². The Morgan fingerprint density at radius 3 is 2.50 bits per heavy atom. The minimum Gasteiger partial charge on any atom is -0.356 e. The molecule has 1 unspecified atom stereocenters. The lowest BCUT2D eigenvalue weighted by molar-refractivity contribution is -0.126. The van der Waals surface area contributed by atoms with Gasteiger partial charge in [-0.3, -0.25) is 14.5 Å². The molecule has 0 radical (unpaired) electrons. The summed E-state index contributed by atoms with van der Waals surface area (Å²) in [6, 6.07) is 16.8. The Kier molecular flexibility index (Phi) is 9.12. The highest BCUT2D eigenvalue weighted by molar-refractivity contribution is 7.89. The van der Waals surface area contributed by atoms with Crippen LogP contribution in [0, 0.1) is 5.92 Å². The number of rotatable bonds is 6. The maximum atomic E-state index is 13.1. The SMILES string of the molecule is O=C1CCN(S(=O)(=O)c2ccccc2)CCCC(C(=O)NCCN2CCc3ccccc3C2)CCN1. The van der Waals surface area contributed by atoms with Gasteiger partial charge in [-0.05, 0) is 48.9 Å². The second-order valence-corrected chi connectivity index (χ2v) is 11.5. The molecule has 0 aliphatic carbocycles. The van der Waals surface area contributed by atoms with Crippen LogP contribution in [0.2, 0.25) is 0 Å². The summed E-state index contributed by atoms with van der Waals surface area (Å²) in [5.41, 5.74) is 2.75. The molecule has 36 heavy (non-hydrogen) atoms. The highest BCUT2D eigenvalue weighted by Gasteiger charge is 2.27. The minimum absolute atomic E-state index is 0.0293. The van der Waals surface area contributed by atoms with Gasteiger partial charge < -0.3 is 10.6 Å². The molecule has 0 saturated carbocycles. The van der Waals surface area contributed by atoms with Crippen molar-refractivity contribution in [3.8, 4) is 0 Å². The van der Waals surface area contributed by atoms with Crippen molar-refractivity contribution in [1.82, 2.24) is 19.8 Å². The van der Waals surface area contributed by atoms with Crippen molar-refractivity contribution in [2.75, 3.05) is 39.3 Å². The number of nitrogens with zero attached hydrogens (tertiary/aromatic N) is 2. The first-order valence-electron chi connectivity index (χ1n) is 12.8. The van der Waals surface area contributed by atoms with Gasteiger partial charge in [-0.15, -0.1) is 0 Å². The van der Waals surface area contributed by atoms with E-state index in [4.69, 9.17) is 0 Å². The highest BCUT2D eigenvalue weighted by Crippen LogP contribution is 2.20. The van der Waals surface area contributed by atoms with Crippen LogP contribution in [-0.4, -0.2) is 68.7 Å². The van der Waals surface area contributed by atoms with Crippen molar-refractivity contribution in [3.05, 3.63) is 65.7 Å². The van der Waals surface area contributed by atoms with Gasteiger partial charge in [0.1, 0.15) is 0 Å². The summed E-state index contributed by atoms with van der Waals surface area (Å²) in [5.74, 6) is -0.500. The molecule has 4 rings (SSSR count). The quantitative estimate of drug-likeness (QED) is 0.618. The zero-order valence-corrected chi connectivity index (χ0v) is 21.5. The van der Waals surface area contributed by atoms with Crippen molar-refractivity contribution in [3.63, 3.8) is 0 Å². The molecule has 2 aliphatic rings. The maximum Gasteiger partial charge on any atom is 0.243 e. The summed E-state index contributed by atoms with van der Waals surface area (Å²) in [6.45, 7) is 4.04. The molecule has 0 spiro atoms. The fourth-order valence-corrected chi connectivity index (χ4v) is 6.44. The Morgan fingerprint density at radius 2 is 1.69 bits per heavy atom. The smallest absolute Gasteiger partial charge is 0.243 e.